The van der Waals surface area contributed by atoms with Gasteiger partial charge in [-0.1, -0.05) is 12.1 Å². The lowest BCUT2D eigenvalue weighted by molar-refractivity contribution is 0.106. The number of piperidine rings is 1. The summed E-state index contributed by atoms with van der Waals surface area (Å²) in [4.78, 5) is 14.1. The minimum absolute atomic E-state index is 0.0469. The number of aryl methyl sites for hydroxylation is 1. The van der Waals surface area contributed by atoms with Crippen LogP contribution in [0.15, 0.2) is 36.4 Å². The van der Waals surface area contributed by atoms with Crippen LogP contribution in [0.2, 0.25) is 0 Å². The van der Waals surface area contributed by atoms with Crippen molar-refractivity contribution in [1.82, 2.24) is 20.4 Å². The summed E-state index contributed by atoms with van der Waals surface area (Å²) in [5.41, 5.74) is 1.90. The Kier molecular flexibility index (Phi) is 5.88. The summed E-state index contributed by atoms with van der Waals surface area (Å²) in [5.74, 6) is 1.35. The Bertz CT molecular complexity index is 711. The molecule has 138 valence electrons. The lowest BCUT2D eigenvalue weighted by atomic mass is 10.1. The molecule has 1 aromatic carbocycles. The average Bonchev–Trinajstić information content (AvgIpc) is 2.69. The molecule has 2 heterocycles. The molecule has 0 aliphatic carbocycles. The molecular weight excluding hydrogens is 332 g/mol. The largest absolute Gasteiger partial charge is 0.497 e. The fourth-order valence-corrected chi connectivity index (χ4v) is 2.83. The van der Waals surface area contributed by atoms with E-state index in [0.717, 1.165) is 29.8 Å². The summed E-state index contributed by atoms with van der Waals surface area (Å²) in [6.45, 7) is 3.72. The number of rotatable bonds is 5. The molecule has 1 fully saturated rings. The minimum Gasteiger partial charge on any atom is -0.497 e. The van der Waals surface area contributed by atoms with Gasteiger partial charge in [0.1, 0.15) is 11.9 Å². The number of nitrogens with one attached hydrogen (secondary N) is 1. The third-order valence-corrected chi connectivity index (χ3v) is 4.39. The highest BCUT2D eigenvalue weighted by Crippen LogP contribution is 2.17. The van der Waals surface area contributed by atoms with Crippen molar-refractivity contribution < 1.29 is 14.3 Å². The number of hydrogen-bond acceptors (Lipinski definition) is 5. The lowest BCUT2D eigenvalue weighted by Gasteiger charge is -2.31. The SMILES string of the molecule is COc1ccc(CNC(=O)N2CCC(Oc3ccc(C)nn3)CC2)cc1. The van der Waals surface area contributed by atoms with Crippen molar-refractivity contribution in [2.75, 3.05) is 20.2 Å². The first kappa shape index (κ1) is 18.0. The van der Waals surface area contributed by atoms with E-state index in [-0.39, 0.29) is 12.1 Å². The quantitative estimate of drug-likeness (QED) is 0.891. The molecule has 7 heteroatoms. The molecule has 26 heavy (non-hydrogen) atoms. The number of nitrogens with zero attached hydrogens (tertiary/aromatic N) is 3. The molecule has 2 aromatic rings. The lowest BCUT2D eigenvalue weighted by Crippen LogP contribution is -2.46. The maximum atomic E-state index is 12.3. The molecule has 0 radical (unpaired) electrons. The normalized spacial score (nSPS) is 14.8. The van der Waals surface area contributed by atoms with Gasteiger partial charge in [0, 0.05) is 38.5 Å². The molecule has 1 N–H and O–H groups in total. The van der Waals surface area contributed by atoms with Crippen LogP contribution in [-0.4, -0.2) is 47.4 Å². The van der Waals surface area contributed by atoms with Gasteiger partial charge in [0.05, 0.1) is 12.8 Å². The van der Waals surface area contributed by atoms with Crippen LogP contribution in [-0.2, 0) is 6.54 Å². The molecular formula is C19H24N4O3. The maximum Gasteiger partial charge on any atom is 0.317 e. The topological polar surface area (TPSA) is 76.6 Å². The fraction of sp³-hybridized carbons (Fsp3) is 0.421. The van der Waals surface area contributed by atoms with E-state index in [4.69, 9.17) is 9.47 Å². The van der Waals surface area contributed by atoms with Crippen molar-refractivity contribution >= 4 is 6.03 Å². The number of carbonyl (C=O) groups is 1. The molecule has 1 aromatic heterocycles. The molecule has 3 rings (SSSR count). The second-order valence-electron chi connectivity index (χ2n) is 6.32. The Labute approximate surface area is 153 Å². The Morgan fingerprint density at radius 1 is 1.15 bits per heavy atom. The first-order chi connectivity index (χ1) is 12.6. The maximum absolute atomic E-state index is 12.3. The number of benzene rings is 1. The highest BCUT2D eigenvalue weighted by atomic mass is 16.5. The molecule has 0 unspecified atom stereocenters. The summed E-state index contributed by atoms with van der Waals surface area (Å²) < 4.78 is 11.0. The van der Waals surface area contributed by atoms with Crippen molar-refractivity contribution in [2.45, 2.75) is 32.4 Å². The second-order valence-corrected chi connectivity index (χ2v) is 6.32. The van der Waals surface area contributed by atoms with Gasteiger partial charge < -0.3 is 19.7 Å². The molecule has 1 aliphatic heterocycles. The van der Waals surface area contributed by atoms with E-state index in [1.54, 1.807) is 7.11 Å². The smallest absolute Gasteiger partial charge is 0.317 e. The number of hydrogen-bond donors (Lipinski definition) is 1. The zero-order valence-electron chi connectivity index (χ0n) is 15.1. The number of methoxy groups -OCH3 is 1. The Morgan fingerprint density at radius 3 is 2.50 bits per heavy atom. The van der Waals surface area contributed by atoms with Crippen LogP contribution in [0.25, 0.3) is 0 Å². The van der Waals surface area contributed by atoms with Gasteiger partial charge in [-0.25, -0.2) is 4.79 Å². The molecule has 0 bridgehead atoms. The fourth-order valence-electron chi connectivity index (χ4n) is 2.83. The van der Waals surface area contributed by atoms with E-state index in [1.165, 1.54) is 0 Å². The van der Waals surface area contributed by atoms with Gasteiger partial charge in [-0.2, -0.15) is 5.10 Å². The summed E-state index contributed by atoms with van der Waals surface area (Å²) in [6.07, 6.45) is 1.63. The number of amides is 2. The van der Waals surface area contributed by atoms with Gasteiger partial charge in [0.25, 0.3) is 0 Å². The highest BCUT2D eigenvalue weighted by Gasteiger charge is 2.24. The number of likely N-dealkylation sites (tertiary alicyclic amines) is 1. The molecule has 0 spiro atoms. The summed E-state index contributed by atoms with van der Waals surface area (Å²) in [6, 6.07) is 11.3. The van der Waals surface area contributed by atoms with Crippen LogP contribution < -0.4 is 14.8 Å². The minimum atomic E-state index is -0.0469. The van der Waals surface area contributed by atoms with E-state index in [1.807, 2.05) is 48.2 Å². The molecule has 1 aliphatic rings. The third kappa shape index (κ3) is 4.84. The van der Waals surface area contributed by atoms with Gasteiger partial charge in [-0.15, -0.1) is 5.10 Å². The average molecular weight is 356 g/mol. The predicted molar refractivity (Wildman–Crippen MR) is 97.2 cm³/mol. The van der Waals surface area contributed by atoms with Crippen LogP contribution >= 0.6 is 0 Å². The van der Waals surface area contributed by atoms with Gasteiger partial charge in [-0.3, -0.25) is 0 Å². The standard InChI is InChI=1S/C19H24N4O3/c1-14-3-8-18(22-21-14)26-17-9-11-23(12-10-17)19(24)20-13-15-4-6-16(25-2)7-5-15/h3-8,17H,9-13H2,1-2H3,(H,20,24). The number of urea groups is 1. The van der Waals surface area contributed by atoms with E-state index >= 15 is 0 Å². The van der Waals surface area contributed by atoms with E-state index < -0.39 is 0 Å². The van der Waals surface area contributed by atoms with Gasteiger partial charge in [0.15, 0.2) is 0 Å². The van der Waals surface area contributed by atoms with Crippen molar-refractivity contribution in [1.29, 1.82) is 0 Å². The second kappa shape index (κ2) is 8.51. The van der Waals surface area contributed by atoms with Crippen molar-refractivity contribution in [3.8, 4) is 11.6 Å². The summed E-state index contributed by atoms with van der Waals surface area (Å²) >= 11 is 0. The van der Waals surface area contributed by atoms with Crippen LogP contribution in [0.4, 0.5) is 4.79 Å². The summed E-state index contributed by atoms with van der Waals surface area (Å²) in [5, 5.41) is 11.0. The third-order valence-electron chi connectivity index (χ3n) is 4.39. The summed E-state index contributed by atoms with van der Waals surface area (Å²) in [7, 11) is 1.63. The molecule has 2 amide bonds. The first-order valence-electron chi connectivity index (χ1n) is 8.77. The monoisotopic (exact) mass is 356 g/mol. The van der Waals surface area contributed by atoms with E-state index in [2.05, 4.69) is 15.5 Å². The first-order valence-corrected chi connectivity index (χ1v) is 8.77. The molecule has 0 atom stereocenters. The highest BCUT2D eigenvalue weighted by molar-refractivity contribution is 5.74. The zero-order valence-corrected chi connectivity index (χ0v) is 15.1. The molecule has 0 saturated carbocycles. The Hall–Kier alpha value is -2.83. The Morgan fingerprint density at radius 2 is 1.88 bits per heavy atom. The van der Waals surface area contributed by atoms with E-state index in [9.17, 15) is 4.79 Å². The van der Waals surface area contributed by atoms with Gasteiger partial charge in [-0.05, 0) is 30.7 Å². The van der Waals surface area contributed by atoms with Crippen LogP contribution in [0.3, 0.4) is 0 Å². The van der Waals surface area contributed by atoms with Crippen LogP contribution in [0, 0.1) is 6.92 Å². The van der Waals surface area contributed by atoms with Crippen molar-refractivity contribution in [2.24, 2.45) is 0 Å². The number of carbonyl (C=O) groups excluding carboxylic acids is 1. The van der Waals surface area contributed by atoms with Gasteiger partial charge >= 0.3 is 6.03 Å². The van der Waals surface area contributed by atoms with Crippen molar-refractivity contribution in [3.05, 3.63) is 47.7 Å². The predicted octanol–water partition coefficient (Wildman–Crippen LogP) is 2.55. The molecule has 1 saturated heterocycles. The molecule has 7 nitrogen and oxygen atoms in total. The van der Waals surface area contributed by atoms with Crippen LogP contribution in [0.5, 0.6) is 11.6 Å². The zero-order chi connectivity index (χ0) is 18.4. The van der Waals surface area contributed by atoms with Crippen LogP contribution in [0.1, 0.15) is 24.1 Å². The van der Waals surface area contributed by atoms with Crippen molar-refractivity contribution in [3.63, 3.8) is 0 Å². The number of ether oxygens (including phenoxy) is 2. The number of aromatic nitrogens is 2. The Balaban J connectivity index is 1.42. The van der Waals surface area contributed by atoms with Gasteiger partial charge in [0.2, 0.25) is 5.88 Å². The van der Waals surface area contributed by atoms with E-state index in [0.29, 0.717) is 25.5 Å².